The van der Waals surface area contributed by atoms with Crippen molar-refractivity contribution in [2.45, 2.75) is 19.3 Å². The van der Waals surface area contributed by atoms with Crippen molar-refractivity contribution in [2.75, 3.05) is 0 Å². The number of nitrogens with zero attached hydrogens (tertiary/aromatic N) is 2. The molecule has 0 aliphatic carbocycles. The molecule has 0 spiro atoms. The molecule has 2 aromatic heterocycles. The van der Waals surface area contributed by atoms with Crippen molar-refractivity contribution in [3.63, 3.8) is 0 Å². The van der Waals surface area contributed by atoms with E-state index in [0.29, 0.717) is 17.1 Å². The van der Waals surface area contributed by atoms with Gasteiger partial charge in [-0.05, 0) is 37.7 Å². The molecule has 0 fully saturated rings. The standard InChI is InChI=1S/C20H15F2N2O2.Pt/c1-20(2,18-8-4-6-16(24-18)19(25)26)17-7-3-5-15(23-17)13-10-9-12(21)11-14(13)22;/h3-9,11H,1-2H3,(H,25,26);/q-1;. The van der Waals surface area contributed by atoms with Gasteiger partial charge in [0.15, 0.2) is 0 Å². The first-order chi connectivity index (χ1) is 12.3. The molecule has 0 bridgehead atoms. The molecule has 0 aliphatic rings. The van der Waals surface area contributed by atoms with E-state index in [1.165, 1.54) is 6.07 Å². The molecule has 0 saturated heterocycles. The number of aromatic carboxylic acids is 1. The van der Waals surface area contributed by atoms with Crippen LogP contribution in [-0.2, 0) is 26.5 Å². The van der Waals surface area contributed by atoms with Gasteiger partial charge in [-0.3, -0.25) is 8.78 Å². The minimum absolute atomic E-state index is 0. The van der Waals surface area contributed by atoms with Crippen molar-refractivity contribution < 1.29 is 39.7 Å². The summed E-state index contributed by atoms with van der Waals surface area (Å²) in [5.74, 6) is -2.58. The molecule has 142 valence electrons. The fraction of sp³-hybridized carbons (Fsp3) is 0.150. The van der Waals surface area contributed by atoms with Crippen molar-refractivity contribution in [3.8, 4) is 11.3 Å². The molecule has 3 aromatic rings. The van der Waals surface area contributed by atoms with Crippen molar-refractivity contribution >= 4 is 5.97 Å². The number of aromatic nitrogens is 2. The minimum Gasteiger partial charge on any atom is -0.477 e. The largest absolute Gasteiger partial charge is 0.477 e. The smallest absolute Gasteiger partial charge is 0.354 e. The van der Waals surface area contributed by atoms with Gasteiger partial charge in [0.05, 0.1) is 5.69 Å². The summed E-state index contributed by atoms with van der Waals surface area (Å²) in [5.41, 5.74) is 0.675. The number of hydrogen-bond donors (Lipinski definition) is 1. The Bertz CT molecular complexity index is 993. The van der Waals surface area contributed by atoms with Gasteiger partial charge in [0.2, 0.25) is 0 Å². The summed E-state index contributed by atoms with van der Waals surface area (Å²) in [4.78, 5) is 19.8. The molecular weight excluding hydrogens is 533 g/mol. The number of hydrogen-bond acceptors (Lipinski definition) is 3. The molecular formula is C20H15F2N2O2Pt-. The third kappa shape index (κ3) is 4.28. The van der Waals surface area contributed by atoms with Crippen molar-refractivity contribution in [1.29, 1.82) is 0 Å². The Balaban J connectivity index is 0.00000261. The van der Waals surface area contributed by atoms with Gasteiger partial charge in [0, 0.05) is 43.8 Å². The van der Waals surface area contributed by atoms with E-state index in [2.05, 4.69) is 16.0 Å². The molecule has 0 saturated carbocycles. The zero-order valence-electron chi connectivity index (χ0n) is 14.4. The molecule has 1 aromatic carbocycles. The predicted molar refractivity (Wildman–Crippen MR) is 91.7 cm³/mol. The number of carboxylic acids is 1. The average Bonchev–Trinajstić information content (AvgIpc) is 2.62. The van der Waals surface area contributed by atoms with Crippen molar-refractivity contribution in [1.82, 2.24) is 9.97 Å². The average molecular weight is 548 g/mol. The van der Waals surface area contributed by atoms with Crippen LogP contribution in [-0.4, -0.2) is 21.0 Å². The van der Waals surface area contributed by atoms with Crippen LogP contribution in [0.4, 0.5) is 8.78 Å². The molecule has 4 nitrogen and oxygen atoms in total. The first-order valence-electron chi connectivity index (χ1n) is 7.84. The second-order valence-electron chi connectivity index (χ2n) is 6.29. The van der Waals surface area contributed by atoms with Gasteiger partial charge in [-0.1, -0.05) is 29.8 Å². The van der Waals surface area contributed by atoms with Crippen LogP contribution in [0, 0.1) is 17.7 Å². The maximum atomic E-state index is 14.0. The van der Waals surface area contributed by atoms with Crippen LogP contribution in [0.1, 0.15) is 35.7 Å². The fourth-order valence-corrected chi connectivity index (χ4v) is 2.60. The topological polar surface area (TPSA) is 63.1 Å². The summed E-state index contributed by atoms with van der Waals surface area (Å²) in [5, 5.41) is 9.14. The van der Waals surface area contributed by atoms with E-state index in [4.69, 9.17) is 5.11 Å². The Labute approximate surface area is 169 Å². The van der Waals surface area contributed by atoms with Crippen LogP contribution >= 0.6 is 0 Å². The molecule has 2 heterocycles. The van der Waals surface area contributed by atoms with E-state index < -0.39 is 23.0 Å². The number of benzene rings is 1. The summed E-state index contributed by atoms with van der Waals surface area (Å²) in [6.07, 6.45) is 0. The molecule has 0 aliphatic heterocycles. The molecule has 7 heteroatoms. The number of halogens is 2. The van der Waals surface area contributed by atoms with Crippen LogP contribution in [0.25, 0.3) is 11.3 Å². The number of carboxylic acid groups (broad SMARTS) is 1. The van der Waals surface area contributed by atoms with Gasteiger partial charge in [-0.2, -0.15) is 0 Å². The van der Waals surface area contributed by atoms with Gasteiger partial charge in [0.25, 0.3) is 0 Å². The summed E-state index contributed by atoms with van der Waals surface area (Å²) in [6.45, 7) is 3.69. The third-order valence-corrected chi connectivity index (χ3v) is 4.11. The minimum atomic E-state index is -1.12. The Morgan fingerprint density at radius 2 is 1.70 bits per heavy atom. The van der Waals surface area contributed by atoms with Gasteiger partial charge in [0.1, 0.15) is 5.69 Å². The third-order valence-electron chi connectivity index (χ3n) is 4.11. The number of carbonyl (C=O) groups is 1. The van der Waals surface area contributed by atoms with Crippen molar-refractivity contribution in [3.05, 3.63) is 83.3 Å². The fourth-order valence-electron chi connectivity index (χ4n) is 2.60. The van der Waals surface area contributed by atoms with Crippen LogP contribution in [0.2, 0.25) is 0 Å². The zero-order valence-corrected chi connectivity index (χ0v) is 16.7. The second kappa shape index (κ2) is 8.05. The quantitative estimate of drug-likeness (QED) is 0.496. The molecule has 27 heavy (non-hydrogen) atoms. The van der Waals surface area contributed by atoms with E-state index in [1.807, 2.05) is 13.8 Å². The Morgan fingerprint density at radius 3 is 2.33 bits per heavy atom. The SMILES string of the molecule is CC(C)(c1cccc(C(=O)O)n1)c1cccc(-c2[c-]cc(F)cc2F)n1.[Pt]. The monoisotopic (exact) mass is 548 g/mol. The predicted octanol–water partition coefficient (Wildman–Crippen LogP) is 4.24. The molecule has 1 N–H and O–H groups in total. The van der Waals surface area contributed by atoms with Gasteiger partial charge in [-0.25, -0.2) is 9.78 Å². The summed E-state index contributed by atoms with van der Waals surface area (Å²) in [7, 11) is 0. The van der Waals surface area contributed by atoms with E-state index >= 15 is 0 Å². The zero-order chi connectivity index (χ0) is 18.9. The van der Waals surface area contributed by atoms with Crippen LogP contribution in [0.5, 0.6) is 0 Å². The Morgan fingerprint density at radius 1 is 1.07 bits per heavy atom. The van der Waals surface area contributed by atoms with Crippen LogP contribution in [0.3, 0.4) is 0 Å². The van der Waals surface area contributed by atoms with Gasteiger partial charge >= 0.3 is 5.97 Å². The Kier molecular flexibility index (Phi) is 6.22. The van der Waals surface area contributed by atoms with E-state index in [0.717, 1.165) is 12.1 Å². The van der Waals surface area contributed by atoms with Gasteiger partial charge in [-0.15, -0.1) is 12.1 Å². The first-order valence-corrected chi connectivity index (χ1v) is 7.84. The maximum absolute atomic E-state index is 14.0. The summed E-state index contributed by atoms with van der Waals surface area (Å²) in [6, 6.07) is 14.2. The van der Waals surface area contributed by atoms with Crippen LogP contribution < -0.4 is 0 Å². The molecule has 3 rings (SSSR count). The second-order valence-corrected chi connectivity index (χ2v) is 6.29. The maximum Gasteiger partial charge on any atom is 0.354 e. The van der Waals surface area contributed by atoms with E-state index in [-0.39, 0.29) is 32.3 Å². The van der Waals surface area contributed by atoms with E-state index in [9.17, 15) is 13.6 Å². The number of rotatable bonds is 4. The number of pyridine rings is 2. The van der Waals surface area contributed by atoms with Crippen molar-refractivity contribution in [2.24, 2.45) is 0 Å². The molecule has 0 amide bonds. The normalized spacial score (nSPS) is 11.0. The molecule has 0 unspecified atom stereocenters. The summed E-state index contributed by atoms with van der Waals surface area (Å²) >= 11 is 0. The summed E-state index contributed by atoms with van der Waals surface area (Å²) < 4.78 is 27.1. The molecule has 0 radical (unpaired) electrons. The first kappa shape index (κ1) is 20.8. The molecule has 0 atom stereocenters. The van der Waals surface area contributed by atoms with Crippen LogP contribution in [0.15, 0.2) is 48.5 Å². The van der Waals surface area contributed by atoms with E-state index in [1.54, 1.807) is 30.3 Å². The Hall–Kier alpha value is -2.46. The van der Waals surface area contributed by atoms with Gasteiger partial charge < -0.3 is 10.1 Å².